The molecular weight excluding hydrogens is 482 g/mol. The number of amides is 2. The molecule has 174 valence electrons. The van der Waals surface area contributed by atoms with Gasteiger partial charge in [-0.05, 0) is 61.4 Å². The molecule has 0 aliphatic carbocycles. The van der Waals surface area contributed by atoms with Gasteiger partial charge >= 0.3 is 0 Å². The summed E-state index contributed by atoms with van der Waals surface area (Å²) < 4.78 is 6.39. The summed E-state index contributed by atoms with van der Waals surface area (Å²) in [5.41, 5.74) is 2.44. The molecule has 3 rings (SSSR count). The quantitative estimate of drug-likeness (QED) is 0.319. The second kappa shape index (κ2) is 12.3. The van der Waals surface area contributed by atoms with Crippen molar-refractivity contribution in [2.75, 3.05) is 23.3 Å². The molecule has 0 saturated heterocycles. The molecule has 0 saturated carbocycles. The fourth-order valence-corrected chi connectivity index (χ4v) is 3.86. The first-order valence-corrected chi connectivity index (χ1v) is 12.1. The molecule has 2 amide bonds. The van der Waals surface area contributed by atoms with Crippen LogP contribution in [-0.2, 0) is 6.54 Å². The molecule has 0 radical (unpaired) electrons. The lowest BCUT2D eigenvalue weighted by Crippen LogP contribution is -2.30. The lowest BCUT2D eigenvalue weighted by molar-refractivity contribution is 0.0952. The van der Waals surface area contributed by atoms with E-state index >= 15 is 0 Å². The van der Waals surface area contributed by atoms with Gasteiger partial charge in [0.05, 0.1) is 24.1 Å². The van der Waals surface area contributed by atoms with Crippen LogP contribution in [0.2, 0.25) is 0 Å². The van der Waals surface area contributed by atoms with E-state index in [0.29, 0.717) is 29.9 Å². The third-order valence-corrected chi connectivity index (χ3v) is 5.66. The molecule has 2 aromatic carbocycles. The first-order valence-electron chi connectivity index (χ1n) is 11.3. The SMILES string of the molecule is CCCCN(Cc1ccco1)c1ccc(NC(=O)c2cccc(Br)c2)cc1C(=O)NCCC. The molecule has 0 spiro atoms. The zero-order chi connectivity index (χ0) is 23.6. The maximum absolute atomic E-state index is 13.1. The van der Waals surface area contributed by atoms with E-state index in [0.717, 1.165) is 41.7 Å². The predicted molar refractivity (Wildman–Crippen MR) is 136 cm³/mol. The summed E-state index contributed by atoms with van der Waals surface area (Å²) in [7, 11) is 0. The molecule has 3 aromatic rings. The molecule has 0 aliphatic heterocycles. The van der Waals surface area contributed by atoms with Crippen molar-refractivity contribution in [2.24, 2.45) is 0 Å². The molecule has 0 aliphatic rings. The minimum absolute atomic E-state index is 0.161. The van der Waals surface area contributed by atoms with Crippen molar-refractivity contribution in [1.29, 1.82) is 0 Å². The summed E-state index contributed by atoms with van der Waals surface area (Å²) in [5.74, 6) is 0.437. The van der Waals surface area contributed by atoms with Gasteiger partial charge in [-0.3, -0.25) is 9.59 Å². The van der Waals surface area contributed by atoms with Gasteiger partial charge < -0.3 is 20.0 Å². The van der Waals surface area contributed by atoms with Crippen molar-refractivity contribution in [3.63, 3.8) is 0 Å². The maximum atomic E-state index is 13.1. The summed E-state index contributed by atoms with van der Waals surface area (Å²) in [4.78, 5) is 28.0. The van der Waals surface area contributed by atoms with Crippen LogP contribution in [0.4, 0.5) is 11.4 Å². The van der Waals surface area contributed by atoms with Crippen LogP contribution in [0.25, 0.3) is 0 Å². The molecule has 1 heterocycles. The molecule has 33 heavy (non-hydrogen) atoms. The van der Waals surface area contributed by atoms with E-state index in [1.165, 1.54) is 0 Å². The molecule has 6 nitrogen and oxygen atoms in total. The summed E-state index contributed by atoms with van der Waals surface area (Å²) >= 11 is 3.39. The average Bonchev–Trinajstić information content (AvgIpc) is 3.33. The zero-order valence-corrected chi connectivity index (χ0v) is 20.7. The Morgan fingerprint density at radius 1 is 1.00 bits per heavy atom. The van der Waals surface area contributed by atoms with Crippen LogP contribution in [0, 0.1) is 0 Å². The lowest BCUT2D eigenvalue weighted by atomic mass is 10.1. The Bertz CT molecular complexity index is 1070. The molecule has 2 N–H and O–H groups in total. The third-order valence-electron chi connectivity index (χ3n) is 5.17. The molecule has 0 atom stereocenters. The van der Waals surface area contributed by atoms with Crippen molar-refractivity contribution in [3.05, 3.63) is 82.2 Å². The lowest BCUT2D eigenvalue weighted by Gasteiger charge is -2.26. The molecule has 1 aromatic heterocycles. The second-order valence-corrected chi connectivity index (χ2v) is 8.72. The Morgan fingerprint density at radius 3 is 2.55 bits per heavy atom. The zero-order valence-electron chi connectivity index (χ0n) is 19.1. The van der Waals surface area contributed by atoms with Crippen LogP contribution in [0.1, 0.15) is 59.6 Å². The average molecular weight is 512 g/mol. The first-order chi connectivity index (χ1) is 16.0. The van der Waals surface area contributed by atoms with Gasteiger partial charge in [-0.25, -0.2) is 0 Å². The van der Waals surface area contributed by atoms with Crippen LogP contribution >= 0.6 is 15.9 Å². The Hall–Kier alpha value is -3.06. The number of anilines is 2. The van der Waals surface area contributed by atoms with E-state index < -0.39 is 0 Å². The van der Waals surface area contributed by atoms with Gasteiger partial charge in [-0.15, -0.1) is 0 Å². The maximum Gasteiger partial charge on any atom is 0.255 e. The largest absolute Gasteiger partial charge is 0.467 e. The van der Waals surface area contributed by atoms with Crippen molar-refractivity contribution in [2.45, 2.75) is 39.7 Å². The van der Waals surface area contributed by atoms with Gasteiger partial charge in [0.25, 0.3) is 11.8 Å². The van der Waals surface area contributed by atoms with Gasteiger partial charge in [0, 0.05) is 28.8 Å². The highest BCUT2D eigenvalue weighted by molar-refractivity contribution is 9.10. The Labute approximate surface area is 203 Å². The van der Waals surface area contributed by atoms with Gasteiger partial charge in [0.15, 0.2) is 0 Å². The van der Waals surface area contributed by atoms with E-state index in [2.05, 4.69) is 38.4 Å². The Kier molecular flexibility index (Phi) is 9.13. The predicted octanol–water partition coefficient (Wildman–Crippen LogP) is 6.24. The number of rotatable bonds is 11. The fourth-order valence-electron chi connectivity index (χ4n) is 3.46. The van der Waals surface area contributed by atoms with Crippen LogP contribution in [-0.4, -0.2) is 24.9 Å². The number of carbonyl (C=O) groups is 2. The normalized spacial score (nSPS) is 10.6. The van der Waals surface area contributed by atoms with Crippen molar-refractivity contribution >= 4 is 39.1 Å². The van der Waals surface area contributed by atoms with Gasteiger partial charge in [0.2, 0.25) is 0 Å². The molecular formula is C26H30BrN3O3. The van der Waals surface area contributed by atoms with Gasteiger partial charge in [0.1, 0.15) is 5.76 Å². The summed E-state index contributed by atoms with van der Waals surface area (Å²) in [6.45, 7) is 6.08. The highest BCUT2D eigenvalue weighted by Crippen LogP contribution is 2.27. The van der Waals surface area contributed by atoms with E-state index in [1.54, 1.807) is 24.5 Å². The van der Waals surface area contributed by atoms with Crippen LogP contribution in [0.5, 0.6) is 0 Å². The van der Waals surface area contributed by atoms with Crippen molar-refractivity contribution in [3.8, 4) is 0 Å². The number of nitrogens with one attached hydrogen (secondary N) is 2. The van der Waals surface area contributed by atoms with E-state index in [1.807, 2.05) is 43.3 Å². The number of nitrogens with zero attached hydrogens (tertiary/aromatic N) is 1. The highest BCUT2D eigenvalue weighted by atomic mass is 79.9. The third kappa shape index (κ3) is 6.96. The van der Waals surface area contributed by atoms with Crippen LogP contribution < -0.4 is 15.5 Å². The second-order valence-electron chi connectivity index (χ2n) is 7.81. The standard InChI is InChI=1S/C26H30BrN3O3/c1-3-5-14-30(18-22-10-7-15-33-22)24-12-11-21(17-23(24)26(32)28-13-4-2)29-25(31)19-8-6-9-20(27)16-19/h6-12,15-17H,3-5,13-14,18H2,1-2H3,(H,28,32)(H,29,31). The number of furan rings is 1. The summed E-state index contributed by atoms with van der Waals surface area (Å²) in [5, 5.41) is 5.89. The number of hydrogen-bond acceptors (Lipinski definition) is 4. The van der Waals surface area contributed by atoms with E-state index in [9.17, 15) is 9.59 Å². The van der Waals surface area contributed by atoms with Gasteiger partial charge in [-0.1, -0.05) is 42.3 Å². The molecule has 0 fully saturated rings. The van der Waals surface area contributed by atoms with E-state index in [4.69, 9.17) is 4.42 Å². The van der Waals surface area contributed by atoms with Gasteiger partial charge in [-0.2, -0.15) is 0 Å². The first kappa shape index (κ1) is 24.6. The number of halogens is 1. The van der Waals surface area contributed by atoms with Crippen LogP contribution in [0.15, 0.2) is 69.8 Å². The number of carbonyl (C=O) groups excluding carboxylic acids is 2. The number of unbranched alkanes of at least 4 members (excludes halogenated alkanes) is 1. The summed E-state index contributed by atoms with van der Waals surface area (Å²) in [6, 6.07) is 16.5. The van der Waals surface area contributed by atoms with Crippen molar-refractivity contribution in [1.82, 2.24) is 5.32 Å². The topological polar surface area (TPSA) is 74.6 Å². The minimum Gasteiger partial charge on any atom is -0.467 e. The fraction of sp³-hybridized carbons (Fsp3) is 0.308. The minimum atomic E-state index is -0.234. The van der Waals surface area contributed by atoms with E-state index in [-0.39, 0.29) is 11.8 Å². The highest BCUT2D eigenvalue weighted by Gasteiger charge is 2.19. The molecule has 0 bridgehead atoms. The molecule has 7 heteroatoms. The Balaban J connectivity index is 1.92. The smallest absolute Gasteiger partial charge is 0.255 e. The molecule has 0 unspecified atom stereocenters. The number of benzene rings is 2. The monoisotopic (exact) mass is 511 g/mol. The van der Waals surface area contributed by atoms with Crippen LogP contribution in [0.3, 0.4) is 0 Å². The van der Waals surface area contributed by atoms with Crippen molar-refractivity contribution < 1.29 is 14.0 Å². The summed E-state index contributed by atoms with van der Waals surface area (Å²) in [6.07, 6.45) is 4.51. The number of hydrogen-bond donors (Lipinski definition) is 2. The Morgan fingerprint density at radius 2 is 1.85 bits per heavy atom.